The van der Waals surface area contributed by atoms with Gasteiger partial charge in [0.25, 0.3) is 0 Å². The van der Waals surface area contributed by atoms with E-state index in [1.165, 1.54) is 12.3 Å². The van der Waals surface area contributed by atoms with E-state index in [1.54, 1.807) is 0 Å². The Morgan fingerprint density at radius 3 is 2.78 bits per heavy atom. The Kier molecular flexibility index (Phi) is 3.50. The van der Waals surface area contributed by atoms with Crippen molar-refractivity contribution in [2.45, 2.75) is 31.5 Å². The predicted octanol–water partition coefficient (Wildman–Crippen LogP) is 3.01. The van der Waals surface area contributed by atoms with Gasteiger partial charge in [-0.15, -0.1) is 0 Å². The summed E-state index contributed by atoms with van der Waals surface area (Å²) in [6.07, 6.45) is -5.35. The number of nitrogens with two attached hydrogens (primary N) is 1. The molecular weight excluding hydrogens is 313 g/mol. The number of halogens is 3. The smallest absolute Gasteiger partial charge is 0.430 e. The number of hydrogen-bond donors (Lipinski definition) is 3. The van der Waals surface area contributed by atoms with Gasteiger partial charge in [-0.25, -0.2) is 9.78 Å². The first-order chi connectivity index (χ1) is 10.8. The molecule has 1 aliphatic carbocycles. The van der Waals surface area contributed by atoms with Gasteiger partial charge in [-0.1, -0.05) is 0 Å². The van der Waals surface area contributed by atoms with Gasteiger partial charge in [-0.3, -0.25) is 10.7 Å². The Morgan fingerprint density at radius 1 is 1.43 bits per heavy atom. The van der Waals surface area contributed by atoms with Crippen molar-refractivity contribution in [3.05, 3.63) is 34.7 Å². The van der Waals surface area contributed by atoms with Crippen molar-refractivity contribution in [1.29, 1.82) is 5.41 Å². The van der Waals surface area contributed by atoms with Crippen molar-refractivity contribution in [2.75, 3.05) is 5.32 Å². The molecule has 1 atom stereocenters. The highest BCUT2D eigenvalue weighted by molar-refractivity contribution is 6.13. The van der Waals surface area contributed by atoms with Crippen LogP contribution < -0.4 is 11.1 Å². The van der Waals surface area contributed by atoms with Crippen LogP contribution >= 0.6 is 0 Å². The summed E-state index contributed by atoms with van der Waals surface area (Å²) >= 11 is 0. The van der Waals surface area contributed by atoms with Gasteiger partial charge in [0.15, 0.2) is 0 Å². The molecule has 0 radical (unpaired) electrons. The second-order valence-electron chi connectivity index (χ2n) is 5.31. The van der Waals surface area contributed by atoms with Crippen LogP contribution in [0, 0.1) is 5.41 Å². The Bertz CT molecular complexity index is 727. The second-order valence-corrected chi connectivity index (χ2v) is 5.31. The number of amides is 1. The zero-order valence-corrected chi connectivity index (χ0v) is 11.8. The van der Waals surface area contributed by atoms with Crippen LogP contribution in [-0.2, 0) is 4.74 Å². The molecule has 0 saturated heterocycles. The van der Waals surface area contributed by atoms with Gasteiger partial charge in [0.05, 0.1) is 11.3 Å². The standard InChI is InChI=1S/C14H13F3N4O2/c15-14(16,17)11-9-7(10(19)6-2-1-3-8(6)18)4-5-20-12(9)21-13(22)23-11/h4-5,11,19H,1-3,18H2,(H,20,21,22). The number of allylic oxidation sites excluding steroid dienone is 2. The zero-order valence-electron chi connectivity index (χ0n) is 11.8. The molecule has 1 amide bonds. The van der Waals surface area contributed by atoms with Gasteiger partial charge in [0, 0.05) is 17.5 Å². The Balaban J connectivity index is 2.14. The molecule has 1 aliphatic heterocycles. The Morgan fingerprint density at radius 2 is 2.17 bits per heavy atom. The van der Waals surface area contributed by atoms with Crippen LogP contribution in [0.4, 0.5) is 23.8 Å². The molecular formula is C14H13F3N4O2. The minimum absolute atomic E-state index is 0.0113. The fraction of sp³-hybridized carbons (Fsp3) is 0.357. The highest BCUT2D eigenvalue weighted by atomic mass is 19.4. The van der Waals surface area contributed by atoms with E-state index in [0.717, 1.165) is 6.42 Å². The van der Waals surface area contributed by atoms with Crippen molar-refractivity contribution in [2.24, 2.45) is 5.73 Å². The SMILES string of the molecule is N=C(C1=C(N)CCC1)c1ccnc2c1C(C(F)(F)F)OC(=O)N2. The maximum atomic E-state index is 13.3. The number of fused-ring (bicyclic) bond motifs is 1. The third-order valence-electron chi connectivity index (χ3n) is 3.83. The van der Waals surface area contributed by atoms with Gasteiger partial charge in [0.1, 0.15) is 5.82 Å². The number of anilines is 1. The van der Waals surface area contributed by atoms with E-state index < -0.39 is 18.4 Å². The van der Waals surface area contributed by atoms with Gasteiger partial charge < -0.3 is 10.5 Å². The molecule has 1 aromatic heterocycles. The summed E-state index contributed by atoms with van der Waals surface area (Å²) in [7, 11) is 0. The molecule has 3 rings (SSSR count). The fourth-order valence-electron chi connectivity index (χ4n) is 2.79. The largest absolute Gasteiger partial charge is 0.431 e. The number of cyclic esters (lactones) is 1. The fourth-order valence-corrected chi connectivity index (χ4v) is 2.79. The highest BCUT2D eigenvalue weighted by Crippen LogP contribution is 2.43. The maximum Gasteiger partial charge on any atom is 0.430 e. The van der Waals surface area contributed by atoms with Crippen LogP contribution in [-0.4, -0.2) is 23.0 Å². The molecule has 1 aromatic rings. The Labute approximate surface area is 129 Å². The number of ether oxygens (including phenoxy) is 1. The lowest BCUT2D eigenvalue weighted by atomic mass is 9.93. The van der Waals surface area contributed by atoms with Crippen LogP contribution in [0.2, 0.25) is 0 Å². The predicted molar refractivity (Wildman–Crippen MR) is 75.0 cm³/mol. The zero-order chi connectivity index (χ0) is 16.8. The summed E-state index contributed by atoms with van der Waals surface area (Å²) in [6.45, 7) is 0. The van der Waals surface area contributed by atoms with Gasteiger partial charge in [-0.2, -0.15) is 13.2 Å². The molecule has 0 spiro atoms. The molecule has 1 unspecified atom stereocenters. The molecule has 2 aliphatic rings. The van der Waals surface area contributed by atoms with E-state index in [0.29, 0.717) is 24.1 Å². The highest BCUT2D eigenvalue weighted by Gasteiger charge is 2.49. The normalized spacial score (nSPS) is 20.8. The molecule has 2 heterocycles. The van der Waals surface area contributed by atoms with Crippen LogP contribution in [0.5, 0.6) is 0 Å². The minimum Gasteiger partial charge on any atom is -0.431 e. The van der Waals surface area contributed by atoms with E-state index in [-0.39, 0.29) is 22.7 Å². The van der Waals surface area contributed by atoms with Gasteiger partial charge >= 0.3 is 12.3 Å². The molecule has 0 aromatic carbocycles. The number of hydrogen-bond acceptors (Lipinski definition) is 5. The summed E-state index contributed by atoms with van der Waals surface area (Å²) in [6, 6.07) is 1.30. The summed E-state index contributed by atoms with van der Waals surface area (Å²) < 4.78 is 44.2. The quantitative estimate of drug-likeness (QED) is 0.727. The van der Waals surface area contributed by atoms with Crippen molar-refractivity contribution in [3.63, 3.8) is 0 Å². The number of alkyl halides is 3. The van der Waals surface area contributed by atoms with E-state index in [1.807, 2.05) is 0 Å². The lowest BCUT2D eigenvalue weighted by Gasteiger charge is -2.29. The number of carbonyl (C=O) groups excluding carboxylic acids is 1. The molecule has 6 nitrogen and oxygen atoms in total. The molecule has 23 heavy (non-hydrogen) atoms. The van der Waals surface area contributed by atoms with Crippen molar-refractivity contribution >= 4 is 17.6 Å². The molecule has 0 bridgehead atoms. The van der Waals surface area contributed by atoms with Gasteiger partial charge in [-0.05, 0) is 30.9 Å². The summed E-state index contributed by atoms with van der Waals surface area (Å²) in [5.41, 5.74) is 6.42. The van der Waals surface area contributed by atoms with E-state index in [2.05, 4.69) is 15.0 Å². The third-order valence-corrected chi connectivity index (χ3v) is 3.83. The van der Waals surface area contributed by atoms with Crippen molar-refractivity contribution in [1.82, 2.24) is 4.98 Å². The average molecular weight is 326 g/mol. The first-order valence-corrected chi connectivity index (χ1v) is 6.89. The van der Waals surface area contributed by atoms with Crippen LogP contribution in [0.3, 0.4) is 0 Å². The molecule has 0 fully saturated rings. The van der Waals surface area contributed by atoms with Crippen LogP contribution in [0.1, 0.15) is 36.5 Å². The first kappa shape index (κ1) is 15.3. The van der Waals surface area contributed by atoms with Gasteiger partial charge in [0.2, 0.25) is 6.10 Å². The monoisotopic (exact) mass is 326 g/mol. The minimum atomic E-state index is -4.81. The topological polar surface area (TPSA) is 101 Å². The average Bonchev–Trinajstić information content (AvgIpc) is 2.90. The molecule has 9 heteroatoms. The lowest BCUT2D eigenvalue weighted by Crippen LogP contribution is -2.35. The maximum absolute atomic E-state index is 13.3. The number of nitrogens with zero attached hydrogens (tertiary/aromatic N) is 1. The van der Waals surface area contributed by atoms with Crippen LogP contribution in [0.25, 0.3) is 0 Å². The molecule has 0 saturated carbocycles. The Hall–Kier alpha value is -2.58. The van der Waals surface area contributed by atoms with Crippen LogP contribution in [0.15, 0.2) is 23.5 Å². The second kappa shape index (κ2) is 5.25. The molecule has 122 valence electrons. The van der Waals surface area contributed by atoms with E-state index in [4.69, 9.17) is 11.1 Å². The third kappa shape index (κ3) is 2.62. The number of carbonyl (C=O) groups is 1. The number of nitrogens with one attached hydrogen (secondary N) is 2. The number of pyridine rings is 1. The number of aromatic nitrogens is 1. The molecule has 4 N–H and O–H groups in total. The number of rotatable bonds is 2. The summed E-state index contributed by atoms with van der Waals surface area (Å²) in [5, 5.41) is 10.4. The lowest BCUT2D eigenvalue weighted by molar-refractivity contribution is -0.206. The summed E-state index contributed by atoms with van der Waals surface area (Å²) in [5.74, 6) is -0.247. The summed E-state index contributed by atoms with van der Waals surface area (Å²) in [4.78, 5) is 15.1. The van der Waals surface area contributed by atoms with E-state index in [9.17, 15) is 18.0 Å². The first-order valence-electron chi connectivity index (χ1n) is 6.89. The van der Waals surface area contributed by atoms with Crippen molar-refractivity contribution in [3.8, 4) is 0 Å². The van der Waals surface area contributed by atoms with E-state index >= 15 is 0 Å². The van der Waals surface area contributed by atoms with Crippen molar-refractivity contribution < 1.29 is 22.7 Å².